The fraction of sp³-hybridized carbons (Fsp3) is 1.00. The second kappa shape index (κ2) is 20.7. The number of nitrogens with one attached hydrogen (secondary N) is 1. The fourth-order valence-electron chi connectivity index (χ4n) is 11.5. The molecule has 4 aliphatic rings. The molecule has 0 spiro atoms. The van der Waals surface area contributed by atoms with Crippen LogP contribution in [-0.4, -0.2) is 70.9 Å². The van der Waals surface area contributed by atoms with Crippen molar-refractivity contribution in [2.75, 3.05) is 52.5 Å². The van der Waals surface area contributed by atoms with Gasteiger partial charge in [-0.1, -0.05) is 59.8 Å². The third-order valence-electron chi connectivity index (χ3n) is 14.2. The van der Waals surface area contributed by atoms with Gasteiger partial charge in [-0.25, -0.2) is 0 Å². The van der Waals surface area contributed by atoms with Crippen LogP contribution in [0.4, 0.5) is 0 Å². The maximum atomic E-state index is 7.03. The van der Waals surface area contributed by atoms with Crippen LogP contribution in [-0.2, 0) is 14.2 Å². The molecule has 0 heterocycles. The summed E-state index contributed by atoms with van der Waals surface area (Å²) in [4.78, 5) is 0. The summed E-state index contributed by atoms with van der Waals surface area (Å²) in [6.07, 6.45) is 23.2. The smallest absolute Gasteiger partial charge is 0.0637 e. The van der Waals surface area contributed by atoms with Crippen molar-refractivity contribution in [3.63, 3.8) is 0 Å². The zero-order valence-corrected chi connectivity index (χ0v) is 32.0. The van der Waals surface area contributed by atoms with Crippen LogP contribution in [0.2, 0.25) is 0 Å². The predicted octanol–water partition coefficient (Wildman–Crippen LogP) is 7.43. The number of nitrogens with two attached hydrogens (primary N) is 3. The molecule has 7 nitrogen and oxygen atoms in total. The molecule has 0 saturated heterocycles. The Hall–Kier alpha value is -0.280. The molecule has 0 amide bonds. The average molecular weight is 677 g/mol. The highest BCUT2D eigenvalue weighted by Crippen LogP contribution is 2.69. The normalized spacial score (nSPS) is 36.8. The average Bonchev–Trinajstić information content (AvgIpc) is 3.44. The van der Waals surface area contributed by atoms with Crippen molar-refractivity contribution < 1.29 is 14.2 Å². The van der Waals surface area contributed by atoms with Crippen LogP contribution in [0.5, 0.6) is 0 Å². The van der Waals surface area contributed by atoms with Crippen molar-refractivity contribution >= 4 is 0 Å². The van der Waals surface area contributed by atoms with Gasteiger partial charge >= 0.3 is 0 Å². The highest BCUT2D eigenvalue weighted by molar-refractivity contribution is 5.15. The highest BCUT2D eigenvalue weighted by Gasteiger charge is 2.66. The summed E-state index contributed by atoms with van der Waals surface area (Å²) in [6.45, 7) is 17.0. The van der Waals surface area contributed by atoms with Gasteiger partial charge in [-0.3, -0.25) is 0 Å². The minimum absolute atomic E-state index is 0.183. The molecule has 4 fully saturated rings. The zero-order valence-electron chi connectivity index (χ0n) is 32.0. The van der Waals surface area contributed by atoms with Gasteiger partial charge < -0.3 is 36.7 Å². The summed E-state index contributed by atoms with van der Waals surface area (Å²) in [6, 6.07) is 0. The summed E-state index contributed by atoms with van der Waals surface area (Å²) in [5.74, 6) is 3.92. The lowest BCUT2D eigenvalue weighted by molar-refractivity contribution is -0.227. The maximum Gasteiger partial charge on any atom is 0.0637 e. The van der Waals surface area contributed by atoms with E-state index < -0.39 is 0 Å². The lowest BCUT2D eigenvalue weighted by Crippen LogP contribution is -2.63. The topological polar surface area (TPSA) is 118 Å². The first-order valence-corrected chi connectivity index (χ1v) is 21.0. The Bertz CT molecular complexity index is 879. The van der Waals surface area contributed by atoms with Crippen molar-refractivity contribution in [1.29, 1.82) is 0 Å². The Morgan fingerprint density at radius 3 is 2.10 bits per heavy atom. The van der Waals surface area contributed by atoms with Gasteiger partial charge in [-0.2, -0.15) is 0 Å². The lowest BCUT2D eigenvalue weighted by atomic mass is 9.43. The second-order valence-electron chi connectivity index (χ2n) is 17.1. The largest absolute Gasteiger partial charge is 0.378 e. The van der Waals surface area contributed by atoms with Crippen LogP contribution in [0, 0.1) is 46.3 Å². The van der Waals surface area contributed by atoms with Gasteiger partial charge in [-0.15, -0.1) is 0 Å². The predicted molar refractivity (Wildman–Crippen MR) is 201 cm³/mol. The summed E-state index contributed by atoms with van der Waals surface area (Å²) >= 11 is 0. The molecule has 3 unspecified atom stereocenters. The van der Waals surface area contributed by atoms with Crippen molar-refractivity contribution in [1.82, 2.24) is 5.32 Å². The zero-order chi connectivity index (χ0) is 34.4. The van der Waals surface area contributed by atoms with Crippen LogP contribution in [0.3, 0.4) is 0 Å². The third kappa shape index (κ3) is 9.98. The molecule has 48 heavy (non-hydrogen) atoms. The van der Waals surface area contributed by atoms with Gasteiger partial charge in [-0.05, 0) is 157 Å². The number of rotatable bonds is 24. The second-order valence-corrected chi connectivity index (χ2v) is 17.1. The Morgan fingerprint density at radius 2 is 1.38 bits per heavy atom. The number of ether oxygens (including phenoxy) is 3. The summed E-state index contributed by atoms with van der Waals surface area (Å²) in [5, 5.41) is 3.77. The molecule has 282 valence electrons. The number of hydrogen-bond acceptors (Lipinski definition) is 7. The molecule has 7 heteroatoms. The van der Waals surface area contributed by atoms with Crippen LogP contribution in [0.25, 0.3) is 0 Å². The van der Waals surface area contributed by atoms with Crippen LogP contribution >= 0.6 is 0 Å². The fourth-order valence-corrected chi connectivity index (χ4v) is 11.5. The van der Waals surface area contributed by atoms with Gasteiger partial charge in [0.25, 0.3) is 0 Å². The van der Waals surface area contributed by atoms with E-state index in [9.17, 15) is 0 Å². The minimum Gasteiger partial charge on any atom is -0.378 e. The molecule has 0 aliphatic heterocycles. The molecule has 0 aromatic carbocycles. The molecule has 7 N–H and O–H groups in total. The summed E-state index contributed by atoms with van der Waals surface area (Å²) < 4.78 is 20.4. The third-order valence-corrected chi connectivity index (χ3v) is 14.2. The number of unbranched alkanes of at least 4 members (excludes halogenated alkanes) is 5. The molecule has 0 bridgehead atoms. The van der Waals surface area contributed by atoms with E-state index in [0.29, 0.717) is 78.9 Å². The molecule has 0 aromatic heterocycles. The molecule has 11 atom stereocenters. The molecule has 4 aliphatic carbocycles. The standard InChI is InChI=1S/C41H80N4O3/c1-5-6-7-8-9-10-23-45-24-11-15-31(2)34-16-17-35-39-36(30-38(41(34,35)4)48-27-14-22-44)40(3)19-18-33(46-25-12-20-42)28-32(40)29-37(39)47-26-13-21-43/h31-39,45H,5-30,42-44H2,1-4H3/t31-,32?,33-,34-,35+,36+,37-,38+,39?,40?,41-/m1/s1. The highest BCUT2D eigenvalue weighted by atomic mass is 16.5. The van der Waals surface area contributed by atoms with Crippen molar-refractivity contribution in [3.8, 4) is 0 Å². The molecule has 4 saturated carbocycles. The van der Waals surface area contributed by atoms with E-state index in [0.717, 1.165) is 52.0 Å². The molecule has 0 aromatic rings. The first kappa shape index (κ1) is 40.5. The van der Waals surface area contributed by atoms with Crippen LogP contribution < -0.4 is 22.5 Å². The van der Waals surface area contributed by atoms with Gasteiger partial charge in [0.05, 0.1) is 18.3 Å². The van der Waals surface area contributed by atoms with E-state index in [4.69, 9.17) is 31.4 Å². The van der Waals surface area contributed by atoms with Crippen molar-refractivity contribution in [2.24, 2.45) is 63.5 Å². The monoisotopic (exact) mass is 677 g/mol. The van der Waals surface area contributed by atoms with Crippen molar-refractivity contribution in [3.05, 3.63) is 0 Å². The van der Waals surface area contributed by atoms with E-state index >= 15 is 0 Å². The Morgan fingerprint density at radius 1 is 0.708 bits per heavy atom. The number of fused-ring (bicyclic) bond motifs is 5. The van der Waals surface area contributed by atoms with E-state index in [2.05, 4.69) is 33.0 Å². The van der Waals surface area contributed by atoms with Gasteiger partial charge in [0.15, 0.2) is 0 Å². The van der Waals surface area contributed by atoms with E-state index in [1.165, 1.54) is 96.4 Å². The first-order valence-electron chi connectivity index (χ1n) is 21.0. The van der Waals surface area contributed by atoms with Crippen LogP contribution in [0.1, 0.15) is 143 Å². The van der Waals surface area contributed by atoms with E-state index in [1.807, 2.05) is 0 Å². The van der Waals surface area contributed by atoms with E-state index in [-0.39, 0.29) is 5.41 Å². The van der Waals surface area contributed by atoms with E-state index in [1.54, 1.807) is 0 Å². The molecular formula is C41H80N4O3. The molecular weight excluding hydrogens is 596 g/mol. The van der Waals surface area contributed by atoms with Gasteiger partial charge in [0, 0.05) is 25.2 Å². The van der Waals surface area contributed by atoms with Gasteiger partial charge in [0.1, 0.15) is 0 Å². The Labute approximate surface area is 296 Å². The quantitative estimate of drug-likeness (QED) is 0.0786. The summed E-state index contributed by atoms with van der Waals surface area (Å²) in [5.41, 5.74) is 18.3. The maximum absolute atomic E-state index is 7.03. The Kier molecular flexibility index (Phi) is 17.4. The Balaban J connectivity index is 1.46. The SMILES string of the molecule is CCCCCCCCNCCC[C@@H](C)[C@H]1CC[C@H]2C3[C@H](OCCCN)CC4C[C@H](OCCCN)CCC4(C)[C@H]3C[C@H](OCCCN)[C@]12C. The van der Waals surface area contributed by atoms with Crippen LogP contribution in [0.15, 0.2) is 0 Å². The number of hydrogen-bond donors (Lipinski definition) is 4. The lowest BCUT2D eigenvalue weighted by Gasteiger charge is -2.65. The molecule has 4 rings (SSSR count). The first-order chi connectivity index (χ1) is 23.3. The molecule has 0 radical (unpaired) electrons. The van der Waals surface area contributed by atoms with Crippen molar-refractivity contribution in [2.45, 2.75) is 162 Å². The van der Waals surface area contributed by atoms with Gasteiger partial charge in [0.2, 0.25) is 0 Å². The minimum atomic E-state index is 0.183. The summed E-state index contributed by atoms with van der Waals surface area (Å²) in [7, 11) is 0.